The summed E-state index contributed by atoms with van der Waals surface area (Å²) in [7, 11) is 0. The molecule has 27 heavy (non-hydrogen) atoms. The quantitative estimate of drug-likeness (QED) is 0.446. The first kappa shape index (κ1) is 21.6. The van der Waals surface area contributed by atoms with Gasteiger partial charge in [-0.05, 0) is 66.3 Å². The number of rotatable bonds is 6. The van der Waals surface area contributed by atoms with Crippen LogP contribution in [0.5, 0.6) is 0 Å². The van der Waals surface area contributed by atoms with E-state index in [1.807, 2.05) is 26.0 Å². The fourth-order valence-electron chi connectivity index (χ4n) is 4.09. The predicted molar refractivity (Wildman–Crippen MR) is 112 cm³/mol. The van der Waals surface area contributed by atoms with E-state index in [2.05, 4.69) is 19.1 Å². The van der Waals surface area contributed by atoms with Crippen LogP contribution in [0.4, 0.5) is 8.78 Å². The SMILES string of the molecule is CC.CCCCCC1CCC(c2ccc(-c3ccc(F)c(F)c3)cc2)CC1. The van der Waals surface area contributed by atoms with Gasteiger partial charge in [0, 0.05) is 0 Å². The smallest absolute Gasteiger partial charge is 0.159 e. The topological polar surface area (TPSA) is 0 Å². The fraction of sp³-hybridized carbons (Fsp3) is 0.520. The first-order valence-corrected chi connectivity index (χ1v) is 10.7. The Bertz CT molecular complexity index is 667. The maximum absolute atomic E-state index is 13.4. The molecule has 0 aromatic heterocycles. The maximum atomic E-state index is 13.4. The summed E-state index contributed by atoms with van der Waals surface area (Å²) in [6, 6.07) is 12.5. The fourth-order valence-corrected chi connectivity index (χ4v) is 4.09. The molecule has 0 aliphatic heterocycles. The van der Waals surface area contributed by atoms with Crippen molar-refractivity contribution in [2.45, 2.75) is 78.1 Å². The highest BCUT2D eigenvalue weighted by Crippen LogP contribution is 2.38. The second-order valence-corrected chi connectivity index (χ2v) is 7.46. The van der Waals surface area contributed by atoms with Gasteiger partial charge in [0.15, 0.2) is 11.6 Å². The molecule has 2 heteroatoms. The van der Waals surface area contributed by atoms with Gasteiger partial charge >= 0.3 is 0 Å². The third-order valence-electron chi connectivity index (χ3n) is 5.70. The Labute approximate surface area is 164 Å². The Morgan fingerprint density at radius 2 is 1.41 bits per heavy atom. The van der Waals surface area contributed by atoms with Crippen molar-refractivity contribution in [1.29, 1.82) is 0 Å². The van der Waals surface area contributed by atoms with E-state index in [4.69, 9.17) is 0 Å². The summed E-state index contributed by atoms with van der Waals surface area (Å²) in [5.41, 5.74) is 3.05. The average Bonchev–Trinajstić information content (AvgIpc) is 2.72. The van der Waals surface area contributed by atoms with Gasteiger partial charge < -0.3 is 0 Å². The largest absolute Gasteiger partial charge is 0.204 e. The van der Waals surface area contributed by atoms with Crippen molar-refractivity contribution in [3.8, 4) is 11.1 Å². The molecule has 3 rings (SSSR count). The van der Waals surface area contributed by atoms with Crippen LogP contribution in [0.2, 0.25) is 0 Å². The second-order valence-electron chi connectivity index (χ2n) is 7.46. The zero-order valence-electron chi connectivity index (χ0n) is 17.1. The molecule has 0 nitrogen and oxygen atoms in total. The Hall–Kier alpha value is -1.70. The maximum Gasteiger partial charge on any atom is 0.159 e. The molecule has 0 atom stereocenters. The molecular formula is C25H34F2. The Morgan fingerprint density at radius 1 is 0.778 bits per heavy atom. The van der Waals surface area contributed by atoms with Crippen LogP contribution >= 0.6 is 0 Å². The van der Waals surface area contributed by atoms with E-state index in [1.54, 1.807) is 6.07 Å². The first-order chi connectivity index (χ1) is 13.2. The predicted octanol–water partition coefficient (Wildman–Crippen LogP) is 8.51. The molecule has 0 radical (unpaired) electrons. The highest BCUT2D eigenvalue weighted by atomic mass is 19.2. The molecule has 0 bridgehead atoms. The molecule has 0 heterocycles. The number of hydrogen-bond donors (Lipinski definition) is 0. The summed E-state index contributed by atoms with van der Waals surface area (Å²) in [6.45, 7) is 6.26. The van der Waals surface area contributed by atoms with Crippen LogP contribution in [-0.4, -0.2) is 0 Å². The molecule has 1 saturated carbocycles. The normalized spacial score (nSPS) is 19.3. The second kappa shape index (κ2) is 11.2. The molecule has 2 aromatic carbocycles. The van der Waals surface area contributed by atoms with Crippen molar-refractivity contribution < 1.29 is 8.78 Å². The van der Waals surface area contributed by atoms with Crippen LogP contribution in [0.3, 0.4) is 0 Å². The van der Waals surface area contributed by atoms with Crippen molar-refractivity contribution in [2.24, 2.45) is 5.92 Å². The summed E-state index contributed by atoms with van der Waals surface area (Å²) in [6.07, 6.45) is 10.7. The summed E-state index contributed by atoms with van der Waals surface area (Å²) in [4.78, 5) is 0. The van der Waals surface area contributed by atoms with Crippen LogP contribution in [0.1, 0.15) is 83.6 Å². The number of hydrogen-bond acceptors (Lipinski definition) is 0. The Morgan fingerprint density at radius 3 is 2.00 bits per heavy atom. The van der Waals surface area contributed by atoms with Gasteiger partial charge in [-0.1, -0.05) is 76.8 Å². The third-order valence-corrected chi connectivity index (χ3v) is 5.70. The Balaban J connectivity index is 0.00000126. The van der Waals surface area contributed by atoms with Crippen molar-refractivity contribution in [3.05, 3.63) is 59.7 Å². The van der Waals surface area contributed by atoms with E-state index < -0.39 is 11.6 Å². The lowest BCUT2D eigenvalue weighted by molar-refractivity contribution is 0.303. The molecular weight excluding hydrogens is 338 g/mol. The molecule has 0 saturated heterocycles. The number of halogens is 2. The minimum atomic E-state index is -0.795. The van der Waals surface area contributed by atoms with Crippen molar-refractivity contribution >= 4 is 0 Å². The monoisotopic (exact) mass is 372 g/mol. The van der Waals surface area contributed by atoms with Crippen LogP contribution in [0, 0.1) is 17.6 Å². The van der Waals surface area contributed by atoms with Crippen LogP contribution in [0.15, 0.2) is 42.5 Å². The summed E-state index contributed by atoms with van der Waals surface area (Å²) < 4.78 is 26.5. The van der Waals surface area contributed by atoms with Gasteiger partial charge in [-0.25, -0.2) is 8.78 Å². The molecule has 0 unspecified atom stereocenters. The van der Waals surface area contributed by atoms with Crippen molar-refractivity contribution in [3.63, 3.8) is 0 Å². The van der Waals surface area contributed by atoms with E-state index in [0.29, 0.717) is 5.92 Å². The molecule has 1 fully saturated rings. The van der Waals surface area contributed by atoms with Gasteiger partial charge in [-0.3, -0.25) is 0 Å². The van der Waals surface area contributed by atoms with Crippen molar-refractivity contribution in [1.82, 2.24) is 0 Å². The van der Waals surface area contributed by atoms with Gasteiger partial charge in [-0.15, -0.1) is 0 Å². The van der Waals surface area contributed by atoms with Gasteiger partial charge in [0.2, 0.25) is 0 Å². The molecule has 0 amide bonds. The molecule has 1 aliphatic rings. The minimum absolute atomic E-state index is 0.654. The molecule has 0 N–H and O–H groups in total. The van der Waals surface area contributed by atoms with Crippen molar-refractivity contribution in [2.75, 3.05) is 0 Å². The first-order valence-electron chi connectivity index (χ1n) is 10.7. The van der Waals surface area contributed by atoms with E-state index in [1.165, 1.54) is 69.1 Å². The standard InChI is InChI=1S/C23H28F2.C2H6/c1-2-3-4-5-17-6-8-18(9-7-17)19-10-12-20(13-11-19)21-14-15-22(24)23(25)16-21;1-2/h10-18H,2-9H2,1H3;1-2H3. The molecule has 2 aromatic rings. The zero-order valence-corrected chi connectivity index (χ0v) is 17.1. The lowest BCUT2D eigenvalue weighted by atomic mass is 9.77. The number of benzene rings is 2. The zero-order chi connectivity index (χ0) is 19.6. The summed E-state index contributed by atoms with van der Waals surface area (Å²) in [5, 5.41) is 0. The van der Waals surface area contributed by atoms with Crippen LogP contribution < -0.4 is 0 Å². The average molecular weight is 373 g/mol. The highest BCUT2D eigenvalue weighted by Gasteiger charge is 2.22. The van der Waals surface area contributed by atoms with Gasteiger partial charge in [0.05, 0.1) is 0 Å². The van der Waals surface area contributed by atoms with Gasteiger partial charge in [-0.2, -0.15) is 0 Å². The lowest BCUT2D eigenvalue weighted by Gasteiger charge is -2.29. The summed E-state index contributed by atoms with van der Waals surface area (Å²) in [5.74, 6) is -0.00951. The molecule has 1 aliphatic carbocycles. The number of unbranched alkanes of at least 4 members (excludes halogenated alkanes) is 2. The highest BCUT2D eigenvalue weighted by molar-refractivity contribution is 5.63. The van der Waals surface area contributed by atoms with E-state index >= 15 is 0 Å². The van der Waals surface area contributed by atoms with Gasteiger partial charge in [0.1, 0.15) is 0 Å². The van der Waals surface area contributed by atoms with E-state index in [-0.39, 0.29) is 0 Å². The minimum Gasteiger partial charge on any atom is -0.204 e. The lowest BCUT2D eigenvalue weighted by Crippen LogP contribution is -2.13. The third kappa shape index (κ3) is 6.16. The van der Waals surface area contributed by atoms with Gasteiger partial charge in [0.25, 0.3) is 0 Å². The molecule has 148 valence electrons. The Kier molecular flexibility index (Phi) is 8.97. The van der Waals surface area contributed by atoms with E-state index in [0.717, 1.165) is 17.0 Å². The van der Waals surface area contributed by atoms with Crippen LogP contribution in [0.25, 0.3) is 11.1 Å². The summed E-state index contributed by atoms with van der Waals surface area (Å²) >= 11 is 0. The van der Waals surface area contributed by atoms with E-state index in [9.17, 15) is 8.78 Å². The van der Waals surface area contributed by atoms with Crippen LogP contribution in [-0.2, 0) is 0 Å². The molecule has 0 spiro atoms.